The first-order valence-electron chi connectivity index (χ1n) is 5.36. The summed E-state index contributed by atoms with van der Waals surface area (Å²) in [6.45, 7) is 1.07. The summed E-state index contributed by atoms with van der Waals surface area (Å²) < 4.78 is 13.8. The van der Waals surface area contributed by atoms with Gasteiger partial charge in [-0.15, -0.1) is 0 Å². The molecule has 0 aromatic heterocycles. The minimum atomic E-state index is -0.653. The number of piperazine rings is 1. The lowest BCUT2D eigenvalue weighted by Gasteiger charge is -2.25. The summed E-state index contributed by atoms with van der Waals surface area (Å²) in [6, 6.07) is 4.43. The maximum absolute atomic E-state index is 13.8. The summed E-state index contributed by atoms with van der Waals surface area (Å²) in [5.41, 5.74) is 0.214. The molecule has 6 heteroatoms. The van der Waals surface area contributed by atoms with Crippen LogP contribution in [-0.2, 0) is 9.59 Å². The highest BCUT2D eigenvalue weighted by molar-refractivity contribution is 6.05. The summed E-state index contributed by atoms with van der Waals surface area (Å²) in [5, 5.41) is 2.08. The van der Waals surface area contributed by atoms with Crippen LogP contribution in [0.1, 0.15) is 15.9 Å². The maximum Gasteiger partial charge on any atom is 0.257 e. The molecule has 1 aromatic rings. The van der Waals surface area contributed by atoms with Crippen LogP contribution in [0.25, 0.3) is 0 Å². The number of nitrogens with one attached hydrogen (secondary N) is 1. The van der Waals surface area contributed by atoms with E-state index in [2.05, 4.69) is 5.32 Å². The minimum absolute atomic E-state index is 0.127. The number of rotatable bonds is 1. The molecule has 18 heavy (non-hydrogen) atoms. The third-order valence-corrected chi connectivity index (χ3v) is 2.66. The highest BCUT2D eigenvalue weighted by Crippen LogP contribution is 2.14. The fraction of sp³-hybridized carbons (Fsp3) is 0.250. The Morgan fingerprint density at radius 3 is 2.50 bits per heavy atom. The number of halogens is 1. The molecule has 94 valence electrons. The van der Waals surface area contributed by atoms with Crippen molar-refractivity contribution in [2.75, 3.05) is 13.1 Å². The quantitative estimate of drug-likeness (QED) is 0.726. The highest BCUT2D eigenvalue weighted by Gasteiger charge is 2.28. The van der Waals surface area contributed by atoms with Crippen LogP contribution < -0.4 is 5.32 Å². The van der Waals surface area contributed by atoms with Gasteiger partial charge < -0.3 is 4.90 Å². The third kappa shape index (κ3) is 2.22. The standard InChI is InChI=1S/C12H11FN2O3/c1-7-3-2-4-8(11(7)13)12(18)15-5-9(16)14-10(17)6-15/h2-4H,5-6H2,1H3,(H,14,16,17). The van der Waals surface area contributed by atoms with E-state index >= 15 is 0 Å². The van der Waals surface area contributed by atoms with E-state index in [1.165, 1.54) is 6.07 Å². The summed E-state index contributed by atoms with van der Waals surface area (Å²) in [7, 11) is 0. The Morgan fingerprint density at radius 1 is 1.28 bits per heavy atom. The second kappa shape index (κ2) is 4.56. The lowest BCUT2D eigenvalue weighted by atomic mass is 10.1. The second-order valence-corrected chi connectivity index (χ2v) is 4.07. The molecular weight excluding hydrogens is 239 g/mol. The average molecular weight is 250 g/mol. The average Bonchev–Trinajstić information content (AvgIpc) is 2.30. The van der Waals surface area contributed by atoms with E-state index in [1.807, 2.05) is 0 Å². The molecule has 0 spiro atoms. The van der Waals surface area contributed by atoms with E-state index in [1.54, 1.807) is 19.1 Å². The highest BCUT2D eigenvalue weighted by atomic mass is 19.1. The van der Waals surface area contributed by atoms with Crippen LogP contribution in [0.2, 0.25) is 0 Å². The lowest BCUT2D eigenvalue weighted by Crippen LogP contribution is -2.53. The Bertz CT molecular complexity index is 526. The summed E-state index contributed by atoms with van der Waals surface area (Å²) in [4.78, 5) is 35.3. The second-order valence-electron chi connectivity index (χ2n) is 4.07. The van der Waals surface area contributed by atoms with E-state index in [-0.39, 0.29) is 18.7 Å². The Labute approximate surface area is 103 Å². The molecule has 1 N–H and O–H groups in total. The number of hydrogen-bond donors (Lipinski definition) is 1. The van der Waals surface area contributed by atoms with Crippen molar-refractivity contribution in [3.63, 3.8) is 0 Å². The Kier molecular flexibility index (Phi) is 3.10. The van der Waals surface area contributed by atoms with Crippen LogP contribution in [0.5, 0.6) is 0 Å². The van der Waals surface area contributed by atoms with E-state index in [9.17, 15) is 18.8 Å². The number of benzene rings is 1. The van der Waals surface area contributed by atoms with Gasteiger partial charge in [-0.1, -0.05) is 12.1 Å². The largest absolute Gasteiger partial charge is 0.320 e. The molecule has 5 nitrogen and oxygen atoms in total. The lowest BCUT2D eigenvalue weighted by molar-refractivity contribution is -0.135. The first-order chi connectivity index (χ1) is 8.49. The zero-order chi connectivity index (χ0) is 13.3. The van der Waals surface area contributed by atoms with Crippen molar-refractivity contribution < 1.29 is 18.8 Å². The van der Waals surface area contributed by atoms with Crippen LogP contribution in [0.3, 0.4) is 0 Å². The van der Waals surface area contributed by atoms with Crippen molar-refractivity contribution in [3.05, 3.63) is 35.1 Å². The summed E-state index contributed by atoms with van der Waals surface area (Å²) in [6.07, 6.45) is 0. The molecular formula is C12H11FN2O3. The molecule has 0 bridgehead atoms. The van der Waals surface area contributed by atoms with Crippen LogP contribution in [0.4, 0.5) is 4.39 Å². The summed E-state index contributed by atoms with van der Waals surface area (Å²) >= 11 is 0. The molecule has 1 aliphatic rings. The van der Waals surface area contributed by atoms with Crippen molar-refractivity contribution in [1.82, 2.24) is 10.2 Å². The number of imide groups is 1. The molecule has 1 saturated heterocycles. The smallest absolute Gasteiger partial charge is 0.257 e. The van der Waals surface area contributed by atoms with Crippen LogP contribution in [-0.4, -0.2) is 35.7 Å². The monoisotopic (exact) mass is 250 g/mol. The van der Waals surface area contributed by atoms with E-state index in [0.717, 1.165) is 4.90 Å². The van der Waals surface area contributed by atoms with Crippen molar-refractivity contribution in [3.8, 4) is 0 Å². The number of carbonyl (C=O) groups excluding carboxylic acids is 3. The Morgan fingerprint density at radius 2 is 1.89 bits per heavy atom. The van der Waals surface area contributed by atoms with E-state index in [4.69, 9.17) is 0 Å². The maximum atomic E-state index is 13.8. The molecule has 1 aliphatic heterocycles. The predicted molar refractivity (Wildman–Crippen MR) is 60.2 cm³/mol. The van der Waals surface area contributed by atoms with Gasteiger partial charge in [0.1, 0.15) is 18.9 Å². The summed E-state index contributed by atoms with van der Waals surface area (Å²) in [5.74, 6) is -2.40. The fourth-order valence-corrected chi connectivity index (χ4v) is 1.76. The molecule has 1 aromatic carbocycles. The zero-order valence-electron chi connectivity index (χ0n) is 9.70. The molecule has 0 atom stereocenters. The molecule has 0 unspecified atom stereocenters. The van der Waals surface area contributed by atoms with Gasteiger partial charge in [0.15, 0.2) is 0 Å². The van der Waals surface area contributed by atoms with Crippen molar-refractivity contribution in [1.29, 1.82) is 0 Å². The number of nitrogens with zero attached hydrogens (tertiary/aromatic N) is 1. The molecule has 0 radical (unpaired) electrons. The van der Waals surface area contributed by atoms with Gasteiger partial charge in [-0.3, -0.25) is 19.7 Å². The number of aryl methyl sites for hydroxylation is 1. The van der Waals surface area contributed by atoms with Crippen molar-refractivity contribution >= 4 is 17.7 Å². The molecule has 1 fully saturated rings. The topological polar surface area (TPSA) is 66.5 Å². The van der Waals surface area contributed by atoms with Crippen LogP contribution >= 0.6 is 0 Å². The predicted octanol–water partition coefficient (Wildman–Crippen LogP) is 0.233. The molecule has 1 heterocycles. The first-order valence-corrected chi connectivity index (χ1v) is 5.36. The van der Waals surface area contributed by atoms with Gasteiger partial charge in [-0.05, 0) is 18.6 Å². The SMILES string of the molecule is Cc1cccc(C(=O)N2CC(=O)NC(=O)C2)c1F. The molecule has 3 amide bonds. The normalized spacial score (nSPS) is 15.6. The van der Waals surface area contributed by atoms with E-state index < -0.39 is 23.5 Å². The minimum Gasteiger partial charge on any atom is -0.320 e. The third-order valence-electron chi connectivity index (χ3n) is 2.66. The van der Waals surface area contributed by atoms with Crippen molar-refractivity contribution in [2.24, 2.45) is 0 Å². The van der Waals surface area contributed by atoms with Gasteiger partial charge >= 0.3 is 0 Å². The fourth-order valence-electron chi connectivity index (χ4n) is 1.76. The number of amides is 3. The van der Waals surface area contributed by atoms with Crippen molar-refractivity contribution in [2.45, 2.75) is 6.92 Å². The molecule has 0 saturated carbocycles. The Balaban J connectivity index is 2.28. The Hall–Kier alpha value is -2.24. The van der Waals surface area contributed by atoms with Gasteiger partial charge in [0.2, 0.25) is 11.8 Å². The van der Waals surface area contributed by atoms with Gasteiger partial charge in [-0.25, -0.2) is 4.39 Å². The van der Waals surface area contributed by atoms with Gasteiger partial charge in [-0.2, -0.15) is 0 Å². The molecule has 2 rings (SSSR count). The van der Waals surface area contributed by atoms with Gasteiger partial charge in [0, 0.05) is 0 Å². The van der Waals surface area contributed by atoms with E-state index in [0.29, 0.717) is 5.56 Å². The number of hydrogen-bond acceptors (Lipinski definition) is 3. The van der Waals surface area contributed by atoms with Crippen LogP contribution in [0, 0.1) is 12.7 Å². The zero-order valence-corrected chi connectivity index (χ0v) is 9.70. The van der Waals surface area contributed by atoms with Gasteiger partial charge in [0.05, 0.1) is 5.56 Å². The van der Waals surface area contributed by atoms with Gasteiger partial charge in [0.25, 0.3) is 5.91 Å². The van der Waals surface area contributed by atoms with Crippen LogP contribution in [0.15, 0.2) is 18.2 Å². The molecule has 0 aliphatic carbocycles. The first kappa shape index (κ1) is 12.2. The number of carbonyl (C=O) groups is 3.